The van der Waals surface area contributed by atoms with Crippen LogP contribution < -0.4 is 9.04 Å². The van der Waals surface area contributed by atoms with Gasteiger partial charge in [0, 0.05) is 37.9 Å². The summed E-state index contributed by atoms with van der Waals surface area (Å²) < 4.78 is 44.2. The molecule has 0 spiro atoms. The van der Waals surface area contributed by atoms with E-state index < -0.39 is 41.1 Å². The molecule has 2 heterocycles. The van der Waals surface area contributed by atoms with Crippen molar-refractivity contribution >= 4 is 62.6 Å². The summed E-state index contributed by atoms with van der Waals surface area (Å²) in [6.07, 6.45) is 3.10. The van der Waals surface area contributed by atoms with Crippen molar-refractivity contribution in [3.05, 3.63) is 39.7 Å². The molecule has 1 unspecified atom stereocenters. The van der Waals surface area contributed by atoms with Gasteiger partial charge in [-0.3, -0.25) is 13.3 Å². The fraction of sp³-hybridized carbons (Fsp3) is 0.464. The maximum Gasteiger partial charge on any atom is 0.420 e. The summed E-state index contributed by atoms with van der Waals surface area (Å²) in [4.78, 5) is 30.4. The van der Waals surface area contributed by atoms with Gasteiger partial charge in [-0.25, -0.2) is 14.3 Å². The highest BCUT2D eigenvalue weighted by Gasteiger charge is 2.31. The lowest BCUT2D eigenvalue weighted by molar-refractivity contribution is -0.152. The van der Waals surface area contributed by atoms with Gasteiger partial charge in [0.2, 0.25) is 0 Å². The van der Waals surface area contributed by atoms with Gasteiger partial charge in [0.15, 0.2) is 5.65 Å². The normalized spacial score (nSPS) is 14.6. The van der Waals surface area contributed by atoms with Crippen LogP contribution in [0.15, 0.2) is 30.5 Å². The quantitative estimate of drug-likeness (QED) is 0.171. The van der Waals surface area contributed by atoms with E-state index in [1.807, 2.05) is 32.9 Å². The first-order valence-corrected chi connectivity index (χ1v) is 14.9. The number of hydrogen-bond donors (Lipinski definition) is 0. The third-order valence-corrected chi connectivity index (χ3v) is 7.49. The molecule has 0 radical (unpaired) electrons. The monoisotopic (exact) mass is 682 g/mol. The Kier molecular flexibility index (Phi) is 8.53. The van der Waals surface area contributed by atoms with Crippen LogP contribution in [0.4, 0.5) is 10.5 Å². The smallest absolute Gasteiger partial charge is 0.420 e. The van der Waals surface area contributed by atoms with Crippen molar-refractivity contribution < 1.29 is 32.6 Å². The Hall–Kier alpha value is -2.71. The van der Waals surface area contributed by atoms with Crippen molar-refractivity contribution in [2.45, 2.75) is 71.5 Å². The molecular weight excluding hydrogens is 649 g/mol. The number of carbonyl (C=O) groups excluding carboxylic acids is 2. The number of benzene rings is 1. The van der Waals surface area contributed by atoms with Crippen LogP contribution in [0.2, 0.25) is 0 Å². The topological polar surface area (TPSA) is 123 Å². The van der Waals surface area contributed by atoms with Gasteiger partial charge in [0.05, 0.1) is 18.5 Å². The molecule has 40 heavy (non-hydrogen) atoms. The first kappa shape index (κ1) is 30.3. The number of ether oxygens (including phenoxy) is 3. The Labute approximate surface area is 249 Å². The van der Waals surface area contributed by atoms with E-state index in [-0.39, 0.29) is 17.4 Å². The Balaban J connectivity index is 1.82. The number of rotatable bonds is 7. The van der Waals surface area contributed by atoms with Crippen LogP contribution in [0.5, 0.6) is 5.75 Å². The highest BCUT2D eigenvalue weighted by molar-refractivity contribution is 14.1. The molecule has 1 aliphatic rings. The number of nitrogens with zero attached hydrogens (tertiary/aromatic N) is 3. The molecule has 216 valence electrons. The fourth-order valence-corrected chi connectivity index (χ4v) is 5.42. The Morgan fingerprint density at radius 2 is 1.77 bits per heavy atom. The van der Waals surface area contributed by atoms with Crippen LogP contribution in [0.3, 0.4) is 0 Å². The SMILES string of the molecule is COc1ccc(-c2cc3c(I)cn(C(=O)OC(C)(C)C)c3nc2C2CC2)cc1N(CC(=O)OC(C)(C)C)S(=O)[O-]. The minimum Gasteiger partial charge on any atom is -0.755 e. The minimum absolute atomic E-state index is 0.196. The molecule has 1 aromatic carbocycles. The highest BCUT2D eigenvalue weighted by Crippen LogP contribution is 2.46. The maximum absolute atomic E-state index is 12.9. The lowest BCUT2D eigenvalue weighted by Gasteiger charge is -2.29. The third kappa shape index (κ3) is 6.95. The van der Waals surface area contributed by atoms with Crippen LogP contribution >= 0.6 is 22.6 Å². The van der Waals surface area contributed by atoms with Crippen molar-refractivity contribution in [3.8, 4) is 16.9 Å². The van der Waals surface area contributed by atoms with Gasteiger partial charge in [-0.05, 0) is 101 Å². The van der Waals surface area contributed by atoms with E-state index in [1.54, 1.807) is 39.1 Å². The van der Waals surface area contributed by atoms with Crippen LogP contribution in [-0.4, -0.2) is 55.2 Å². The molecule has 1 atom stereocenters. The molecule has 0 saturated heterocycles. The number of fused-ring (bicyclic) bond motifs is 1. The van der Waals surface area contributed by atoms with Gasteiger partial charge in [-0.2, -0.15) is 0 Å². The van der Waals surface area contributed by atoms with E-state index in [9.17, 15) is 18.4 Å². The average Bonchev–Trinajstić information content (AvgIpc) is 3.63. The molecule has 0 amide bonds. The zero-order valence-corrected chi connectivity index (χ0v) is 26.5. The molecule has 1 fully saturated rings. The van der Waals surface area contributed by atoms with Crippen molar-refractivity contribution in [1.29, 1.82) is 0 Å². The number of halogens is 1. The molecule has 4 rings (SSSR count). The standard InChI is InChI=1S/C28H34IN3O7S/c1-27(2,3)38-23(33)15-32(40(35)36)21-12-17(10-11-22(21)37-7)18-13-19-20(29)14-31(26(34)39-28(4,5)6)25(19)30-24(18)16-8-9-16/h10-14,16H,8-9,15H2,1-7H3,(H,35,36)/p-1. The largest absolute Gasteiger partial charge is 0.755 e. The van der Waals surface area contributed by atoms with Crippen LogP contribution in [0.25, 0.3) is 22.2 Å². The van der Waals surface area contributed by atoms with Crippen molar-refractivity contribution in [1.82, 2.24) is 9.55 Å². The van der Waals surface area contributed by atoms with Gasteiger partial charge in [-0.1, -0.05) is 6.07 Å². The van der Waals surface area contributed by atoms with E-state index in [1.165, 1.54) is 11.7 Å². The number of anilines is 1. The van der Waals surface area contributed by atoms with E-state index in [2.05, 4.69) is 22.6 Å². The fourth-order valence-electron chi connectivity index (χ4n) is 4.23. The number of pyridine rings is 1. The van der Waals surface area contributed by atoms with E-state index in [0.29, 0.717) is 11.2 Å². The predicted octanol–water partition coefficient (Wildman–Crippen LogP) is 5.92. The van der Waals surface area contributed by atoms with E-state index in [0.717, 1.165) is 37.4 Å². The van der Waals surface area contributed by atoms with Gasteiger partial charge in [0.1, 0.15) is 23.5 Å². The number of esters is 1. The zero-order chi connectivity index (χ0) is 29.6. The van der Waals surface area contributed by atoms with Crippen LogP contribution in [0.1, 0.15) is 66.0 Å². The first-order valence-electron chi connectivity index (χ1n) is 12.8. The van der Waals surface area contributed by atoms with Gasteiger partial charge < -0.3 is 18.8 Å². The summed E-state index contributed by atoms with van der Waals surface area (Å²) in [5, 5.41) is 0.765. The Bertz CT molecular complexity index is 1490. The van der Waals surface area contributed by atoms with Crippen LogP contribution in [-0.2, 0) is 25.5 Å². The minimum atomic E-state index is -2.79. The third-order valence-electron chi connectivity index (χ3n) is 5.95. The molecule has 12 heteroatoms. The number of aromatic nitrogens is 2. The molecule has 1 aliphatic carbocycles. The Morgan fingerprint density at radius 3 is 2.33 bits per heavy atom. The maximum atomic E-state index is 12.9. The molecule has 0 aliphatic heterocycles. The lowest BCUT2D eigenvalue weighted by atomic mass is 9.99. The van der Waals surface area contributed by atoms with Gasteiger partial charge in [0.25, 0.3) is 0 Å². The summed E-state index contributed by atoms with van der Waals surface area (Å²) in [5.74, 6) is -0.204. The molecular formula is C28H33IN3O7S-. The van der Waals surface area contributed by atoms with Crippen molar-refractivity contribution in [3.63, 3.8) is 0 Å². The van der Waals surface area contributed by atoms with E-state index >= 15 is 0 Å². The predicted molar refractivity (Wildman–Crippen MR) is 160 cm³/mol. The summed E-state index contributed by atoms with van der Waals surface area (Å²) in [6.45, 7) is 10.1. The number of hydrogen-bond acceptors (Lipinski definition) is 8. The zero-order valence-electron chi connectivity index (χ0n) is 23.6. The van der Waals surface area contributed by atoms with Crippen molar-refractivity contribution in [2.75, 3.05) is 18.0 Å². The van der Waals surface area contributed by atoms with E-state index in [4.69, 9.17) is 19.2 Å². The second-order valence-corrected chi connectivity index (χ2v) is 13.7. The molecule has 0 bridgehead atoms. The second-order valence-electron chi connectivity index (χ2n) is 11.6. The van der Waals surface area contributed by atoms with Gasteiger partial charge >= 0.3 is 12.1 Å². The average molecular weight is 683 g/mol. The summed E-state index contributed by atoms with van der Waals surface area (Å²) in [6, 6.07) is 7.13. The summed E-state index contributed by atoms with van der Waals surface area (Å²) in [5.41, 5.74) is 1.59. The molecule has 3 aromatic rings. The first-order chi connectivity index (χ1) is 18.6. The lowest BCUT2D eigenvalue weighted by Crippen LogP contribution is -2.36. The summed E-state index contributed by atoms with van der Waals surface area (Å²) >= 11 is -0.626. The highest BCUT2D eigenvalue weighted by atomic mass is 127. The molecule has 0 N–H and O–H groups in total. The summed E-state index contributed by atoms with van der Waals surface area (Å²) in [7, 11) is 1.43. The second kappa shape index (κ2) is 11.3. The number of carbonyl (C=O) groups is 2. The molecule has 1 saturated carbocycles. The molecule has 10 nitrogen and oxygen atoms in total. The molecule has 2 aromatic heterocycles. The van der Waals surface area contributed by atoms with Crippen molar-refractivity contribution in [2.24, 2.45) is 0 Å². The van der Waals surface area contributed by atoms with Crippen LogP contribution in [0, 0.1) is 3.57 Å². The van der Waals surface area contributed by atoms with Gasteiger partial charge in [-0.15, -0.1) is 0 Å². The Morgan fingerprint density at radius 1 is 1.12 bits per heavy atom. The number of methoxy groups -OCH3 is 1.